The third-order valence-corrected chi connectivity index (χ3v) is 7.75. The molecule has 0 bridgehead atoms. The Morgan fingerprint density at radius 1 is 1.06 bits per heavy atom. The summed E-state index contributed by atoms with van der Waals surface area (Å²) >= 11 is 12.7. The number of para-hydroxylation sites is 1. The van der Waals surface area contributed by atoms with Crippen LogP contribution in [0.3, 0.4) is 0 Å². The Hall–Kier alpha value is -2.08. The maximum Gasteiger partial charge on any atom is 0.282 e. The number of carbonyl (C=O) groups excluding carboxylic acids is 1. The molecule has 4 atom stereocenters. The Morgan fingerprint density at radius 2 is 1.75 bits per heavy atom. The van der Waals surface area contributed by atoms with Crippen molar-refractivity contribution < 1.29 is 4.79 Å². The van der Waals surface area contributed by atoms with Crippen molar-refractivity contribution in [3.05, 3.63) is 64.1 Å². The van der Waals surface area contributed by atoms with E-state index in [0.29, 0.717) is 27.6 Å². The van der Waals surface area contributed by atoms with Gasteiger partial charge in [0.2, 0.25) is 0 Å². The number of anilines is 1. The van der Waals surface area contributed by atoms with E-state index in [9.17, 15) is 4.79 Å². The third kappa shape index (κ3) is 4.02. The molecular formula is C25H28Cl2N4O. The average molecular weight is 471 g/mol. The van der Waals surface area contributed by atoms with Crippen molar-refractivity contribution >= 4 is 40.5 Å². The Balaban J connectivity index is 1.45. The van der Waals surface area contributed by atoms with E-state index in [2.05, 4.69) is 17.4 Å². The monoisotopic (exact) mass is 470 g/mol. The van der Waals surface area contributed by atoms with Crippen molar-refractivity contribution in [1.82, 2.24) is 10.4 Å². The maximum atomic E-state index is 13.4. The first-order valence-corrected chi connectivity index (χ1v) is 12.2. The summed E-state index contributed by atoms with van der Waals surface area (Å²) in [5.41, 5.74) is 5.58. The van der Waals surface area contributed by atoms with Crippen molar-refractivity contribution in [3.8, 4) is 0 Å². The van der Waals surface area contributed by atoms with Gasteiger partial charge in [0.05, 0.1) is 16.8 Å². The van der Waals surface area contributed by atoms with Gasteiger partial charge in [0.1, 0.15) is 5.71 Å². The highest BCUT2D eigenvalue weighted by Gasteiger charge is 2.43. The molecule has 1 aliphatic carbocycles. The molecule has 1 N–H and O–H groups in total. The minimum atomic E-state index is -0.129. The highest BCUT2D eigenvalue weighted by Crippen LogP contribution is 2.43. The van der Waals surface area contributed by atoms with Crippen molar-refractivity contribution in [2.24, 2.45) is 22.9 Å². The van der Waals surface area contributed by atoms with E-state index < -0.39 is 0 Å². The molecule has 1 saturated carbocycles. The summed E-state index contributed by atoms with van der Waals surface area (Å²) in [6.45, 7) is 3.98. The third-order valence-electron chi connectivity index (χ3n) is 7.18. The van der Waals surface area contributed by atoms with E-state index in [1.54, 1.807) is 0 Å². The lowest BCUT2D eigenvalue weighted by Gasteiger charge is -2.28. The second kappa shape index (κ2) is 9.05. The molecular weight excluding hydrogens is 443 g/mol. The van der Waals surface area contributed by atoms with Crippen LogP contribution in [0.2, 0.25) is 10.0 Å². The lowest BCUT2D eigenvalue weighted by atomic mass is 9.87. The highest BCUT2D eigenvalue weighted by atomic mass is 35.5. The Morgan fingerprint density at radius 3 is 2.41 bits per heavy atom. The minimum absolute atomic E-state index is 0.0606. The van der Waals surface area contributed by atoms with Crippen LogP contribution in [0.15, 0.2) is 53.6 Å². The zero-order valence-corrected chi connectivity index (χ0v) is 19.7. The summed E-state index contributed by atoms with van der Waals surface area (Å²) in [7, 11) is 0. The molecule has 3 aliphatic rings. The number of hydrazone groups is 1. The molecule has 0 aromatic heterocycles. The summed E-state index contributed by atoms with van der Waals surface area (Å²) in [5.74, 6) is 1.26. The summed E-state index contributed by atoms with van der Waals surface area (Å²) < 4.78 is 0. The number of nitrogens with zero attached hydrogens (tertiary/aromatic N) is 3. The molecule has 1 saturated heterocycles. The van der Waals surface area contributed by atoms with Crippen LogP contribution in [0.4, 0.5) is 5.69 Å². The fraction of sp³-hybridized carbons (Fsp3) is 0.440. The first-order chi connectivity index (χ1) is 15.5. The van der Waals surface area contributed by atoms with Crippen LogP contribution in [0.5, 0.6) is 0 Å². The number of benzene rings is 2. The molecule has 0 radical (unpaired) electrons. The molecule has 7 heteroatoms. The van der Waals surface area contributed by atoms with Gasteiger partial charge in [-0.25, -0.2) is 5.01 Å². The van der Waals surface area contributed by atoms with Gasteiger partial charge in [-0.15, -0.1) is 0 Å². The fourth-order valence-electron chi connectivity index (χ4n) is 5.60. The molecule has 2 unspecified atom stereocenters. The molecule has 2 heterocycles. The lowest BCUT2D eigenvalue weighted by Crippen LogP contribution is -2.45. The van der Waals surface area contributed by atoms with Gasteiger partial charge in [0.25, 0.3) is 5.91 Å². The number of hydrogen-bond donors (Lipinski definition) is 1. The number of fused-ring (bicyclic) bond motifs is 1. The molecule has 168 valence electrons. The van der Waals surface area contributed by atoms with Crippen LogP contribution >= 0.6 is 23.2 Å². The summed E-state index contributed by atoms with van der Waals surface area (Å²) in [6, 6.07) is 15.3. The van der Waals surface area contributed by atoms with Crippen LogP contribution < -0.4 is 10.4 Å². The molecule has 2 aromatic carbocycles. The van der Waals surface area contributed by atoms with Crippen LogP contribution in [-0.4, -0.2) is 29.7 Å². The maximum absolute atomic E-state index is 13.4. The van der Waals surface area contributed by atoms with Crippen LogP contribution in [0.1, 0.15) is 44.2 Å². The second-order valence-electron chi connectivity index (χ2n) is 9.09. The zero-order valence-electron chi connectivity index (χ0n) is 18.2. The first-order valence-electron chi connectivity index (χ1n) is 11.5. The van der Waals surface area contributed by atoms with Gasteiger partial charge in [-0.05, 0) is 60.9 Å². The lowest BCUT2D eigenvalue weighted by molar-refractivity contribution is -0.119. The van der Waals surface area contributed by atoms with Gasteiger partial charge < -0.3 is 0 Å². The van der Waals surface area contributed by atoms with E-state index >= 15 is 0 Å². The molecule has 2 aromatic rings. The van der Waals surface area contributed by atoms with Gasteiger partial charge in [0.15, 0.2) is 0 Å². The van der Waals surface area contributed by atoms with Crippen molar-refractivity contribution in [2.45, 2.75) is 38.6 Å². The van der Waals surface area contributed by atoms with Crippen LogP contribution in [0, 0.1) is 17.8 Å². The SMILES string of the molecule is CC[C@H]1C(C(=O)NN2CC3CCCC3C2)=NN(c2ccccc2Cl)[C@H]1c1ccc(Cl)cc1. The van der Waals surface area contributed by atoms with Crippen LogP contribution in [0.25, 0.3) is 0 Å². The number of halogens is 2. The van der Waals surface area contributed by atoms with Gasteiger partial charge in [-0.2, -0.15) is 5.10 Å². The predicted molar refractivity (Wildman–Crippen MR) is 130 cm³/mol. The van der Waals surface area contributed by atoms with E-state index in [1.807, 2.05) is 53.5 Å². The average Bonchev–Trinajstić information content (AvgIpc) is 3.47. The van der Waals surface area contributed by atoms with Crippen LogP contribution in [-0.2, 0) is 4.79 Å². The van der Waals surface area contributed by atoms with E-state index in [1.165, 1.54) is 19.3 Å². The van der Waals surface area contributed by atoms with Crippen molar-refractivity contribution in [3.63, 3.8) is 0 Å². The number of nitrogens with one attached hydrogen (secondary N) is 1. The molecule has 5 rings (SSSR count). The topological polar surface area (TPSA) is 47.9 Å². The predicted octanol–water partition coefficient (Wildman–Crippen LogP) is 5.70. The molecule has 0 spiro atoms. The molecule has 2 aliphatic heterocycles. The fourth-order valence-corrected chi connectivity index (χ4v) is 5.95. The summed E-state index contributed by atoms with van der Waals surface area (Å²) in [4.78, 5) is 13.4. The molecule has 32 heavy (non-hydrogen) atoms. The van der Waals surface area contributed by atoms with E-state index in [4.69, 9.17) is 28.3 Å². The standard InChI is InChI=1S/C25H28Cl2N4O/c1-2-20-23(25(32)29-30-14-17-6-5-7-18(17)15-30)28-31(22-9-4-3-8-21(22)27)24(20)16-10-12-19(26)13-11-16/h3-4,8-13,17-18,20,24H,2,5-7,14-15H2,1H3,(H,29,32)/t17?,18?,20-,24-/m0/s1. The van der Waals surface area contributed by atoms with Crippen molar-refractivity contribution in [2.75, 3.05) is 18.1 Å². The molecule has 2 fully saturated rings. The normalized spacial score (nSPS) is 27.5. The Kier molecular flexibility index (Phi) is 6.15. The van der Waals surface area contributed by atoms with Gasteiger partial charge in [-0.1, -0.05) is 60.8 Å². The number of amides is 1. The largest absolute Gasteiger partial charge is 0.284 e. The molecule has 5 nitrogen and oxygen atoms in total. The second-order valence-corrected chi connectivity index (χ2v) is 9.93. The van der Waals surface area contributed by atoms with Crippen molar-refractivity contribution in [1.29, 1.82) is 0 Å². The summed E-state index contributed by atoms with van der Waals surface area (Å²) in [6.07, 6.45) is 4.64. The quantitative estimate of drug-likeness (QED) is 0.609. The Labute approximate surface area is 199 Å². The first kappa shape index (κ1) is 21.7. The number of carbonyl (C=O) groups is 1. The molecule has 1 amide bonds. The number of hydrogen-bond acceptors (Lipinski definition) is 4. The summed E-state index contributed by atoms with van der Waals surface area (Å²) in [5, 5.41) is 10.2. The zero-order chi connectivity index (χ0) is 22.2. The number of hydrazine groups is 1. The van der Waals surface area contributed by atoms with Gasteiger partial charge in [-0.3, -0.25) is 15.2 Å². The smallest absolute Gasteiger partial charge is 0.282 e. The highest BCUT2D eigenvalue weighted by molar-refractivity contribution is 6.40. The van der Waals surface area contributed by atoms with E-state index in [-0.39, 0.29) is 17.9 Å². The van der Waals surface area contributed by atoms with E-state index in [0.717, 1.165) is 30.8 Å². The van der Waals surface area contributed by atoms with Gasteiger partial charge >= 0.3 is 0 Å². The Bertz CT molecular complexity index is 1010. The number of rotatable bonds is 5. The minimum Gasteiger partial charge on any atom is -0.284 e. The van der Waals surface area contributed by atoms with Gasteiger partial charge in [0, 0.05) is 24.0 Å².